The normalized spacial score (nSPS) is 11.1. The molecule has 0 spiro atoms. The highest BCUT2D eigenvalue weighted by atomic mass is 16.3. The molecule has 0 radical (unpaired) electrons. The maximum Gasteiger partial charge on any atom is 0.227 e. The van der Waals surface area contributed by atoms with E-state index in [1.54, 1.807) is 6.26 Å². The summed E-state index contributed by atoms with van der Waals surface area (Å²) >= 11 is 0. The number of aromatic nitrogens is 1. The first-order valence-corrected chi connectivity index (χ1v) is 6.82. The Balaban J connectivity index is 1.85. The van der Waals surface area contributed by atoms with Gasteiger partial charge in [-0.15, -0.1) is 0 Å². The van der Waals surface area contributed by atoms with Crippen LogP contribution in [0.1, 0.15) is 5.56 Å². The summed E-state index contributed by atoms with van der Waals surface area (Å²) in [6.07, 6.45) is 1.67. The highest BCUT2D eigenvalue weighted by Gasteiger charge is 2.11. The van der Waals surface area contributed by atoms with Crippen molar-refractivity contribution in [3.05, 3.63) is 66.4 Å². The third-order valence-electron chi connectivity index (χ3n) is 3.57. The summed E-state index contributed by atoms with van der Waals surface area (Å²) in [4.78, 5) is 4.61. The summed E-state index contributed by atoms with van der Waals surface area (Å²) in [5, 5.41) is 0. The molecule has 2 heterocycles. The van der Waals surface area contributed by atoms with Gasteiger partial charge in [-0.2, -0.15) is 0 Å². The Labute approximate surface area is 121 Å². The van der Waals surface area contributed by atoms with Crippen LogP contribution in [0.25, 0.3) is 33.9 Å². The Hall–Kier alpha value is -2.81. The van der Waals surface area contributed by atoms with Gasteiger partial charge in [-0.05, 0) is 48.9 Å². The zero-order valence-electron chi connectivity index (χ0n) is 11.5. The predicted octanol–water partition coefficient (Wildman–Crippen LogP) is 5.06. The minimum atomic E-state index is 0.652. The van der Waals surface area contributed by atoms with E-state index in [2.05, 4.69) is 18.0 Å². The van der Waals surface area contributed by atoms with Crippen LogP contribution in [0.3, 0.4) is 0 Å². The molecule has 4 aromatic rings. The summed E-state index contributed by atoms with van der Waals surface area (Å²) < 4.78 is 11.3. The molecule has 0 fully saturated rings. The molecule has 3 nitrogen and oxygen atoms in total. The maximum absolute atomic E-state index is 5.87. The number of furan rings is 1. The zero-order valence-corrected chi connectivity index (χ0v) is 11.5. The molecule has 0 N–H and O–H groups in total. The molecular weight excluding hydrogens is 262 g/mol. The van der Waals surface area contributed by atoms with Gasteiger partial charge < -0.3 is 8.83 Å². The van der Waals surface area contributed by atoms with Crippen molar-refractivity contribution in [3.8, 4) is 22.8 Å². The minimum absolute atomic E-state index is 0.652. The van der Waals surface area contributed by atoms with Crippen molar-refractivity contribution in [1.82, 2.24) is 4.98 Å². The molecule has 0 amide bonds. The van der Waals surface area contributed by atoms with Crippen LogP contribution in [0.4, 0.5) is 0 Å². The summed E-state index contributed by atoms with van der Waals surface area (Å²) in [5.41, 5.74) is 4.78. The van der Waals surface area contributed by atoms with Gasteiger partial charge in [0, 0.05) is 11.1 Å². The van der Waals surface area contributed by atoms with Crippen LogP contribution in [0, 0.1) is 6.92 Å². The first kappa shape index (κ1) is 12.0. The van der Waals surface area contributed by atoms with Crippen molar-refractivity contribution in [3.63, 3.8) is 0 Å². The van der Waals surface area contributed by atoms with Crippen LogP contribution >= 0.6 is 0 Å². The second-order valence-corrected chi connectivity index (χ2v) is 4.99. The third kappa shape index (κ3) is 2.03. The van der Waals surface area contributed by atoms with Crippen LogP contribution in [0.15, 0.2) is 69.7 Å². The second kappa shape index (κ2) is 4.63. The van der Waals surface area contributed by atoms with E-state index >= 15 is 0 Å². The van der Waals surface area contributed by atoms with Gasteiger partial charge in [-0.1, -0.05) is 18.2 Å². The quantitative estimate of drug-likeness (QED) is 0.513. The SMILES string of the molecule is Cc1ccccc1-c1nc2cc(-c3ccco3)ccc2o1. The lowest BCUT2D eigenvalue weighted by molar-refractivity contribution is 0.582. The van der Waals surface area contributed by atoms with Crippen molar-refractivity contribution >= 4 is 11.1 Å². The molecular formula is C18H13NO2. The average Bonchev–Trinajstić information content (AvgIpc) is 3.16. The molecule has 3 heteroatoms. The van der Waals surface area contributed by atoms with E-state index < -0.39 is 0 Å². The van der Waals surface area contributed by atoms with E-state index in [9.17, 15) is 0 Å². The van der Waals surface area contributed by atoms with Crippen molar-refractivity contribution in [2.45, 2.75) is 6.92 Å². The van der Waals surface area contributed by atoms with Crippen LogP contribution in [-0.4, -0.2) is 4.98 Å². The number of aryl methyl sites for hydroxylation is 1. The molecule has 21 heavy (non-hydrogen) atoms. The Morgan fingerprint density at radius 1 is 0.952 bits per heavy atom. The third-order valence-corrected chi connectivity index (χ3v) is 3.57. The monoisotopic (exact) mass is 275 g/mol. The average molecular weight is 275 g/mol. The van der Waals surface area contributed by atoms with E-state index in [1.165, 1.54) is 0 Å². The van der Waals surface area contributed by atoms with Gasteiger partial charge in [0.2, 0.25) is 5.89 Å². The van der Waals surface area contributed by atoms with Crippen molar-refractivity contribution in [2.75, 3.05) is 0 Å². The number of rotatable bonds is 2. The molecule has 4 rings (SSSR count). The van der Waals surface area contributed by atoms with Gasteiger partial charge in [-0.25, -0.2) is 4.98 Å². The van der Waals surface area contributed by atoms with E-state index in [4.69, 9.17) is 8.83 Å². The first-order valence-electron chi connectivity index (χ1n) is 6.82. The minimum Gasteiger partial charge on any atom is -0.464 e. The van der Waals surface area contributed by atoms with E-state index in [1.807, 2.05) is 48.5 Å². The fraction of sp³-hybridized carbons (Fsp3) is 0.0556. The van der Waals surface area contributed by atoms with Gasteiger partial charge in [0.1, 0.15) is 11.3 Å². The molecule has 0 aliphatic rings. The number of fused-ring (bicyclic) bond motifs is 1. The molecule has 102 valence electrons. The van der Waals surface area contributed by atoms with Crippen molar-refractivity contribution < 1.29 is 8.83 Å². The van der Waals surface area contributed by atoms with Crippen molar-refractivity contribution in [1.29, 1.82) is 0 Å². The molecule has 0 unspecified atom stereocenters. The summed E-state index contributed by atoms with van der Waals surface area (Å²) in [7, 11) is 0. The molecule has 0 atom stereocenters. The van der Waals surface area contributed by atoms with Gasteiger partial charge in [-0.3, -0.25) is 0 Å². The standard InChI is InChI=1S/C18H13NO2/c1-12-5-2-3-6-14(12)18-19-15-11-13(8-9-17(15)21-18)16-7-4-10-20-16/h2-11H,1H3. The number of hydrogen-bond donors (Lipinski definition) is 0. The molecule has 2 aromatic carbocycles. The zero-order chi connectivity index (χ0) is 14.2. The number of nitrogens with zero attached hydrogens (tertiary/aromatic N) is 1. The lowest BCUT2D eigenvalue weighted by Crippen LogP contribution is -1.81. The van der Waals surface area contributed by atoms with E-state index in [0.29, 0.717) is 5.89 Å². The molecule has 0 aliphatic carbocycles. The first-order chi connectivity index (χ1) is 10.3. The fourth-order valence-corrected chi connectivity index (χ4v) is 2.45. The Bertz CT molecular complexity index is 904. The summed E-state index contributed by atoms with van der Waals surface area (Å²) in [6.45, 7) is 2.05. The predicted molar refractivity (Wildman–Crippen MR) is 81.9 cm³/mol. The Morgan fingerprint density at radius 2 is 1.86 bits per heavy atom. The van der Waals surface area contributed by atoms with Gasteiger partial charge in [0.15, 0.2) is 5.58 Å². The summed E-state index contributed by atoms with van der Waals surface area (Å²) in [5.74, 6) is 1.48. The summed E-state index contributed by atoms with van der Waals surface area (Å²) in [6, 6.07) is 17.8. The smallest absolute Gasteiger partial charge is 0.227 e. The van der Waals surface area contributed by atoms with Crippen LogP contribution in [0.2, 0.25) is 0 Å². The van der Waals surface area contributed by atoms with E-state index in [0.717, 1.165) is 33.6 Å². The largest absolute Gasteiger partial charge is 0.464 e. The van der Waals surface area contributed by atoms with Gasteiger partial charge in [0.05, 0.1) is 6.26 Å². The number of oxazole rings is 1. The van der Waals surface area contributed by atoms with Gasteiger partial charge in [0.25, 0.3) is 0 Å². The van der Waals surface area contributed by atoms with Crippen LogP contribution < -0.4 is 0 Å². The lowest BCUT2D eigenvalue weighted by atomic mass is 10.1. The molecule has 2 aromatic heterocycles. The highest BCUT2D eigenvalue weighted by Crippen LogP contribution is 2.29. The lowest BCUT2D eigenvalue weighted by Gasteiger charge is -1.98. The fourth-order valence-electron chi connectivity index (χ4n) is 2.45. The van der Waals surface area contributed by atoms with Crippen molar-refractivity contribution in [2.24, 2.45) is 0 Å². The number of hydrogen-bond acceptors (Lipinski definition) is 3. The van der Waals surface area contributed by atoms with Crippen LogP contribution in [0.5, 0.6) is 0 Å². The molecule has 0 bridgehead atoms. The van der Waals surface area contributed by atoms with Crippen LogP contribution in [-0.2, 0) is 0 Å². The topological polar surface area (TPSA) is 39.2 Å². The van der Waals surface area contributed by atoms with E-state index in [-0.39, 0.29) is 0 Å². The molecule has 0 saturated heterocycles. The number of benzene rings is 2. The molecule has 0 aliphatic heterocycles. The van der Waals surface area contributed by atoms with Gasteiger partial charge >= 0.3 is 0 Å². The maximum atomic E-state index is 5.87. The Morgan fingerprint density at radius 3 is 2.67 bits per heavy atom. The Kier molecular flexibility index (Phi) is 2.64. The second-order valence-electron chi connectivity index (χ2n) is 4.99. The highest BCUT2D eigenvalue weighted by molar-refractivity contribution is 5.81. The molecule has 0 saturated carbocycles.